The molecule has 0 aliphatic carbocycles. The molecule has 2 aromatic carbocycles. The quantitative estimate of drug-likeness (QED) is 0.564. The molecule has 3 aromatic rings. The van der Waals surface area contributed by atoms with Crippen LogP contribution in [0.2, 0.25) is 0 Å². The summed E-state index contributed by atoms with van der Waals surface area (Å²) in [5.74, 6) is -1.95. The molecule has 0 saturated carbocycles. The van der Waals surface area contributed by atoms with Gasteiger partial charge in [0.25, 0.3) is 5.91 Å². The Morgan fingerprint density at radius 1 is 0.971 bits per heavy atom. The first-order valence-electron chi connectivity index (χ1n) is 11.4. The molecule has 0 saturated heterocycles. The van der Waals surface area contributed by atoms with Crippen molar-refractivity contribution in [1.82, 2.24) is 20.1 Å². The summed E-state index contributed by atoms with van der Waals surface area (Å²) in [5, 5.41) is 13.9. The Labute approximate surface area is 196 Å². The normalized spacial score (nSPS) is 14.3. The van der Waals surface area contributed by atoms with Crippen molar-refractivity contribution >= 4 is 17.5 Å². The molecule has 1 aliphatic heterocycles. The van der Waals surface area contributed by atoms with Gasteiger partial charge in [0.05, 0.1) is 0 Å². The molecular formula is C25H27F2N5O2. The number of carbonyl (C=O) groups excluding carboxylic acids is 2. The van der Waals surface area contributed by atoms with E-state index in [1.807, 2.05) is 12.1 Å². The minimum absolute atomic E-state index is 0.315. The van der Waals surface area contributed by atoms with Crippen LogP contribution in [0, 0.1) is 17.6 Å². The van der Waals surface area contributed by atoms with E-state index in [0.717, 1.165) is 55.2 Å². The summed E-state index contributed by atoms with van der Waals surface area (Å²) in [5.41, 5.74) is 0.710. The smallest absolute Gasteiger partial charge is 0.257 e. The lowest BCUT2D eigenvalue weighted by molar-refractivity contribution is -0.118. The second kappa shape index (κ2) is 10.1. The van der Waals surface area contributed by atoms with Gasteiger partial charge in [0.2, 0.25) is 5.91 Å². The number of aryl methyl sites for hydroxylation is 1. The number of benzene rings is 2. The van der Waals surface area contributed by atoms with Gasteiger partial charge in [0, 0.05) is 24.2 Å². The van der Waals surface area contributed by atoms with E-state index in [4.69, 9.17) is 0 Å². The number of hydrogen-bond acceptors (Lipinski definition) is 4. The van der Waals surface area contributed by atoms with Crippen molar-refractivity contribution in [2.24, 2.45) is 5.92 Å². The number of halogens is 2. The van der Waals surface area contributed by atoms with Crippen molar-refractivity contribution in [3.63, 3.8) is 0 Å². The standard InChI is InChI=1S/C25H27F2N5O2/c1-15(2)22(29-24(33)21-18(26)7-6-8-19(21)27)25(34)28-17-12-10-16(11-13-17)23-31-30-20-9-4-3-5-14-32(20)23/h6-8,10-13,15,22H,3-5,9,14H2,1-2H3,(H,28,34)(H,29,33). The van der Waals surface area contributed by atoms with Crippen molar-refractivity contribution in [3.05, 3.63) is 65.5 Å². The highest BCUT2D eigenvalue weighted by atomic mass is 19.1. The predicted molar refractivity (Wildman–Crippen MR) is 124 cm³/mol. The topological polar surface area (TPSA) is 88.9 Å². The number of hydrogen-bond donors (Lipinski definition) is 2. The Bertz CT molecular complexity index is 1170. The molecule has 2 N–H and O–H groups in total. The predicted octanol–water partition coefficient (Wildman–Crippen LogP) is 4.34. The average molecular weight is 468 g/mol. The summed E-state index contributed by atoms with van der Waals surface area (Å²) in [6.45, 7) is 4.36. The molecule has 178 valence electrons. The minimum Gasteiger partial charge on any atom is -0.340 e. The molecule has 9 heteroatoms. The van der Waals surface area contributed by atoms with Gasteiger partial charge in [-0.25, -0.2) is 8.78 Å². The molecular weight excluding hydrogens is 440 g/mol. The summed E-state index contributed by atoms with van der Waals surface area (Å²) >= 11 is 0. The third-order valence-electron chi connectivity index (χ3n) is 5.95. The van der Waals surface area contributed by atoms with E-state index in [-0.39, 0.29) is 5.92 Å². The largest absolute Gasteiger partial charge is 0.340 e. The van der Waals surface area contributed by atoms with Crippen LogP contribution in [0.3, 0.4) is 0 Å². The molecule has 7 nitrogen and oxygen atoms in total. The lowest BCUT2D eigenvalue weighted by Crippen LogP contribution is -2.47. The van der Waals surface area contributed by atoms with E-state index < -0.39 is 35.1 Å². The van der Waals surface area contributed by atoms with E-state index in [9.17, 15) is 18.4 Å². The van der Waals surface area contributed by atoms with Crippen LogP contribution in [0.1, 0.15) is 49.3 Å². The van der Waals surface area contributed by atoms with Gasteiger partial charge < -0.3 is 15.2 Å². The molecule has 1 atom stereocenters. The molecule has 34 heavy (non-hydrogen) atoms. The number of nitrogens with one attached hydrogen (secondary N) is 2. The molecule has 4 rings (SSSR count). The lowest BCUT2D eigenvalue weighted by Gasteiger charge is -2.22. The van der Waals surface area contributed by atoms with Crippen molar-refractivity contribution in [3.8, 4) is 11.4 Å². The van der Waals surface area contributed by atoms with Crippen molar-refractivity contribution in [2.45, 2.75) is 52.1 Å². The second-order valence-corrected chi connectivity index (χ2v) is 8.76. The van der Waals surface area contributed by atoms with Gasteiger partial charge >= 0.3 is 0 Å². The van der Waals surface area contributed by atoms with Gasteiger partial charge in [-0.05, 0) is 55.2 Å². The minimum atomic E-state index is -0.988. The van der Waals surface area contributed by atoms with E-state index in [1.54, 1.807) is 26.0 Å². The number of aromatic nitrogens is 3. The van der Waals surface area contributed by atoms with Crippen LogP contribution in [-0.4, -0.2) is 32.6 Å². The second-order valence-electron chi connectivity index (χ2n) is 8.76. The SMILES string of the molecule is CC(C)C(NC(=O)c1c(F)cccc1F)C(=O)Nc1ccc(-c2nnc3n2CCCCC3)cc1. The van der Waals surface area contributed by atoms with Crippen molar-refractivity contribution < 1.29 is 18.4 Å². The summed E-state index contributed by atoms with van der Waals surface area (Å²) in [4.78, 5) is 25.4. The number of fused-ring (bicyclic) bond motifs is 1. The Balaban J connectivity index is 1.47. The number of rotatable bonds is 6. The summed E-state index contributed by atoms with van der Waals surface area (Å²) in [6.07, 6.45) is 4.29. The van der Waals surface area contributed by atoms with E-state index >= 15 is 0 Å². The molecule has 0 fully saturated rings. The van der Waals surface area contributed by atoms with Crippen LogP contribution in [0.5, 0.6) is 0 Å². The van der Waals surface area contributed by atoms with E-state index in [2.05, 4.69) is 25.4 Å². The molecule has 1 aliphatic rings. The van der Waals surface area contributed by atoms with Gasteiger partial charge in [0.1, 0.15) is 29.1 Å². The lowest BCUT2D eigenvalue weighted by atomic mass is 10.0. The van der Waals surface area contributed by atoms with E-state index in [0.29, 0.717) is 5.69 Å². The fourth-order valence-electron chi connectivity index (χ4n) is 4.08. The third-order valence-corrected chi connectivity index (χ3v) is 5.95. The van der Waals surface area contributed by atoms with Gasteiger partial charge in [0.15, 0.2) is 5.82 Å². The Kier molecular flexibility index (Phi) is 7.00. The van der Waals surface area contributed by atoms with Crippen LogP contribution in [-0.2, 0) is 17.8 Å². The van der Waals surface area contributed by atoms with Crippen molar-refractivity contribution in [2.75, 3.05) is 5.32 Å². The highest BCUT2D eigenvalue weighted by Gasteiger charge is 2.27. The molecule has 2 heterocycles. The Hall–Kier alpha value is -3.62. The average Bonchev–Trinajstić information content (AvgIpc) is 3.05. The maximum Gasteiger partial charge on any atom is 0.257 e. The molecule has 1 aromatic heterocycles. The monoisotopic (exact) mass is 467 g/mol. The first-order valence-corrected chi connectivity index (χ1v) is 11.4. The van der Waals surface area contributed by atoms with Gasteiger partial charge in [-0.3, -0.25) is 9.59 Å². The Morgan fingerprint density at radius 3 is 2.35 bits per heavy atom. The molecule has 0 bridgehead atoms. The van der Waals surface area contributed by atoms with Crippen LogP contribution in [0.15, 0.2) is 42.5 Å². The molecule has 1 unspecified atom stereocenters. The maximum absolute atomic E-state index is 14.0. The first kappa shape index (κ1) is 23.5. The maximum atomic E-state index is 14.0. The van der Waals surface area contributed by atoms with Crippen LogP contribution in [0.25, 0.3) is 11.4 Å². The molecule has 2 amide bonds. The number of amides is 2. The highest BCUT2D eigenvalue weighted by molar-refractivity contribution is 6.01. The number of nitrogens with zero attached hydrogens (tertiary/aromatic N) is 3. The van der Waals surface area contributed by atoms with Crippen LogP contribution >= 0.6 is 0 Å². The summed E-state index contributed by atoms with van der Waals surface area (Å²) in [7, 11) is 0. The fourth-order valence-corrected chi connectivity index (χ4v) is 4.08. The number of carbonyl (C=O) groups is 2. The summed E-state index contributed by atoms with van der Waals surface area (Å²) in [6, 6.07) is 9.40. The fraction of sp³-hybridized carbons (Fsp3) is 0.360. The zero-order chi connectivity index (χ0) is 24.2. The number of anilines is 1. The molecule has 0 radical (unpaired) electrons. The zero-order valence-electron chi connectivity index (χ0n) is 19.1. The van der Waals surface area contributed by atoms with Crippen LogP contribution < -0.4 is 10.6 Å². The van der Waals surface area contributed by atoms with Gasteiger partial charge in [-0.2, -0.15) is 0 Å². The Morgan fingerprint density at radius 2 is 1.68 bits per heavy atom. The van der Waals surface area contributed by atoms with Crippen LogP contribution in [0.4, 0.5) is 14.5 Å². The zero-order valence-corrected chi connectivity index (χ0v) is 19.1. The first-order chi connectivity index (χ1) is 16.3. The summed E-state index contributed by atoms with van der Waals surface area (Å²) < 4.78 is 30.1. The van der Waals surface area contributed by atoms with Crippen molar-refractivity contribution in [1.29, 1.82) is 0 Å². The van der Waals surface area contributed by atoms with Gasteiger partial charge in [-0.15, -0.1) is 10.2 Å². The molecule has 0 spiro atoms. The third kappa shape index (κ3) is 4.98. The van der Waals surface area contributed by atoms with Gasteiger partial charge in [-0.1, -0.05) is 26.3 Å². The highest BCUT2D eigenvalue weighted by Crippen LogP contribution is 2.24. The van der Waals surface area contributed by atoms with E-state index in [1.165, 1.54) is 12.5 Å².